The van der Waals surface area contributed by atoms with Crippen LogP contribution in [0.25, 0.3) is 0 Å². The summed E-state index contributed by atoms with van der Waals surface area (Å²) >= 11 is 4.81. The molecule has 6 unspecified atom stereocenters. The molecule has 6 atom stereocenters. The standard InChI is InChI=1S/C20H31NS/c1-13-5-7-16-15-6-8-18-20(4,11-9-14(2)21(18)22)17(15)10-12-19(13,16)3/h15-18,22H,1-2,5-12H2,3-4H3. The lowest BCUT2D eigenvalue weighted by Gasteiger charge is -2.61. The summed E-state index contributed by atoms with van der Waals surface area (Å²) in [5.41, 5.74) is 3.68. The number of thiol groups is 1. The normalized spacial score (nSPS) is 51.3. The number of nitrogens with zero attached hydrogens (tertiary/aromatic N) is 1. The molecule has 22 heavy (non-hydrogen) atoms. The Morgan fingerprint density at radius 2 is 1.77 bits per heavy atom. The van der Waals surface area contributed by atoms with Crippen LogP contribution in [-0.2, 0) is 0 Å². The predicted octanol–water partition coefficient (Wildman–Crippen LogP) is 5.61. The molecular formula is C20H31NS. The summed E-state index contributed by atoms with van der Waals surface area (Å²) in [5, 5.41) is 0. The van der Waals surface area contributed by atoms with Gasteiger partial charge in [0.05, 0.1) is 0 Å². The highest BCUT2D eigenvalue weighted by atomic mass is 32.1. The van der Waals surface area contributed by atoms with Crippen molar-refractivity contribution in [2.24, 2.45) is 28.6 Å². The molecule has 0 amide bonds. The highest BCUT2D eigenvalue weighted by Crippen LogP contribution is 2.66. The number of hydrogen-bond donors (Lipinski definition) is 1. The van der Waals surface area contributed by atoms with Crippen molar-refractivity contribution in [1.29, 1.82) is 0 Å². The van der Waals surface area contributed by atoms with E-state index in [1.165, 1.54) is 50.6 Å². The Bertz CT molecular complexity index is 526. The largest absolute Gasteiger partial charge is 0.320 e. The van der Waals surface area contributed by atoms with Crippen LogP contribution in [-0.4, -0.2) is 10.3 Å². The third-order valence-corrected chi connectivity index (χ3v) is 8.91. The Kier molecular flexibility index (Phi) is 3.32. The van der Waals surface area contributed by atoms with Crippen molar-refractivity contribution in [3.05, 3.63) is 24.4 Å². The van der Waals surface area contributed by atoms with Gasteiger partial charge >= 0.3 is 0 Å². The molecule has 2 heteroatoms. The van der Waals surface area contributed by atoms with Gasteiger partial charge < -0.3 is 4.31 Å². The van der Waals surface area contributed by atoms with E-state index in [2.05, 4.69) is 31.3 Å². The van der Waals surface area contributed by atoms with Crippen molar-refractivity contribution >= 4 is 12.8 Å². The van der Waals surface area contributed by atoms with Gasteiger partial charge in [0.25, 0.3) is 0 Å². The van der Waals surface area contributed by atoms with Crippen molar-refractivity contribution in [2.75, 3.05) is 0 Å². The highest BCUT2D eigenvalue weighted by Gasteiger charge is 2.59. The zero-order chi connectivity index (χ0) is 15.7. The first-order valence-corrected chi connectivity index (χ1v) is 9.62. The van der Waals surface area contributed by atoms with Gasteiger partial charge in [0, 0.05) is 11.7 Å². The number of fused-ring (bicyclic) bond motifs is 5. The van der Waals surface area contributed by atoms with Crippen LogP contribution in [0.5, 0.6) is 0 Å². The topological polar surface area (TPSA) is 3.24 Å². The molecule has 0 radical (unpaired) electrons. The molecule has 0 aromatic carbocycles. The molecule has 1 nitrogen and oxygen atoms in total. The second kappa shape index (κ2) is 4.82. The van der Waals surface area contributed by atoms with Crippen LogP contribution in [0.1, 0.15) is 65.2 Å². The summed E-state index contributed by atoms with van der Waals surface area (Å²) < 4.78 is 2.24. The molecule has 1 aliphatic heterocycles. The van der Waals surface area contributed by atoms with Crippen LogP contribution in [0.2, 0.25) is 0 Å². The fourth-order valence-corrected chi connectivity index (χ4v) is 7.32. The van der Waals surface area contributed by atoms with E-state index in [1.807, 2.05) is 0 Å². The van der Waals surface area contributed by atoms with Gasteiger partial charge in [-0.2, -0.15) is 0 Å². The van der Waals surface area contributed by atoms with Gasteiger partial charge in [-0.3, -0.25) is 0 Å². The molecular weight excluding hydrogens is 286 g/mol. The Hall–Kier alpha value is -0.370. The second-order valence-electron chi connectivity index (χ2n) is 8.98. The Morgan fingerprint density at radius 1 is 1.00 bits per heavy atom. The predicted molar refractivity (Wildman–Crippen MR) is 96.5 cm³/mol. The van der Waals surface area contributed by atoms with E-state index in [9.17, 15) is 0 Å². The summed E-state index contributed by atoms with van der Waals surface area (Å²) in [5.74, 6) is 2.71. The van der Waals surface area contributed by atoms with Crippen molar-refractivity contribution < 1.29 is 0 Å². The lowest BCUT2D eigenvalue weighted by atomic mass is 9.47. The number of piperidine rings is 1. The van der Waals surface area contributed by atoms with Gasteiger partial charge in [-0.25, -0.2) is 0 Å². The third-order valence-electron chi connectivity index (χ3n) is 8.34. The minimum atomic E-state index is 0.442. The van der Waals surface area contributed by atoms with E-state index in [4.69, 9.17) is 12.8 Å². The molecule has 3 aliphatic carbocycles. The van der Waals surface area contributed by atoms with Gasteiger partial charge in [-0.15, -0.1) is 0 Å². The van der Waals surface area contributed by atoms with Crippen LogP contribution >= 0.6 is 12.8 Å². The number of hydrogen-bond acceptors (Lipinski definition) is 2. The first kappa shape index (κ1) is 15.2. The van der Waals surface area contributed by atoms with Crippen molar-refractivity contribution in [2.45, 2.75) is 71.3 Å². The number of allylic oxidation sites excluding steroid dienone is 2. The van der Waals surface area contributed by atoms with Crippen LogP contribution in [0, 0.1) is 28.6 Å². The Balaban J connectivity index is 1.67. The molecule has 0 bridgehead atoms. The summed E-state index contributed by atoms with van der Waals surface area (Å²) in [6, 6.07) is 0.604. The number of rotatable bonds is 0. The van der Waals surface area contributed by atoms with E-state index >= 15 is 0 Å². The van der Waals surface area contributed by atoms with E-state index in [-0.39, 0.29) is 0 Å². The van der Waals surface area contributed by atoms with E-state index in [0.717, 1.165) is 24.2 Å². The first-order valence-electron chi connectivity index (χ1n) is 9.22. The van der Waals surface area contributed by atoms with Crippen LogP contribution in [0.3, 0.4) is 0 Å². The zero-order valence-electron chi connectivity index (χ0n) is 14.3. The molecule has 0 spiro atoms. The summed E-state index contributed by atoms with van der Waals surface area (Å²) in [7, 11) is 0. The highest BCUT2D eigenvalue weighted by molar-refractivity contribution is 7.77. The minimum Gasteiger partial charge on any atom is -0.320 e. The van der Waals surface area contributed by atoms with Crippen LogP contribution < -0.4 is 0 Å². The van der Waals surface area contributed by atoms with E-state index in [0.29, 0.717) is 16.9 Å². The van der Waals surface area contributed by atoms with Gasteiger partial charge in [0.15, 0.2) is 0 Å². The van der Waals surface area contributed by atoms with Crippen LogP contribution in [0.4, 0.5) is 0 Å². The van der Waals surface area contributed by atoms with Crippen molar-refractivity contribution in [3.8, 4) is 0 Å². The Morgan fingerprint density at radius 3 is 2.55 bits per heavy atom. The average Bonchev–Trinajstić information content (AvgIpc) is 2.79. The summed E-state index contributed by atoms with van der Waals surface area (Å²) in [4.78, 5) is 0. The fraction of sp³-hybridized carbons (Fsp3) is 0.800. The smallest absolute Gasteiger partial charge is 0.0457 e. The Labute approximate surface area is 141 Å². The molecule has 0 aromatic rings. The molecule has 4 rings (SSSR count). The summed E-state index contributed by atoms with van der Waals surface area (Å²) in [6.07, 6.45) is 10.6. The molecule has 4 fully saturated rings. The maximum Gasteiger partial charge on any atom is 0.0457 e. The van der Waals surface area contributed by atoms with Crippen LogP contribution in [0.15, 0.2) is 24.4 Å². The SMILES string of the molecule is C=C1CCC2(C)C3CCC4(C)C(=C)CCC4C3CCC2N1S. The monoisotopic (exact) mass is 317 g/mol. The lowest BCUT2D eigenvalue weighted by Crippen LogP contribution is -2.58. The minimum absolute atomic E-state index is 0.442. The van der Waals surface area contributed by atoms with E-state index in [1.54, 1.807) is 5.57 Å². The van der Waals surface area contributed by atoms with Gasteiger partial charge in [0.2, 0.25) is 0 Å². The zero-order valence-corrected chi connectivity index (χ0v) is 15.2. The van der Waals surface area contributed by atoms with Crippen molar-refractivity contribution in [1.82, 2.24) is 4.31 Å². The lowest BCUT2D eigenvalue weighted by molar-refractivity contribution is -0.0886. The first-order chi connectivity index (χ1) is 10.4. The van der Waals surface area contributed by atoms with Crippen molar-refractivity contribution in [3.63, 3.8) is 0 Å². The third kappa shape index (κ3) is 1.79. The molecule has 0 N–H and O–H groups in total. The average molecular weight is 318 g/mol. The second-order valence-corrected chi connectivity index (χ2v) is 9.42. The fourth-order valence-electron chi connectivity index (χ4n) is 6.85. The molecule has 3 saturated carbocycles. The van der Waals surface area contributed by atoms with Gasteiger partial charge in [-0.05, 0) is 80.0 Å². The van der Waals surface area contributed by atoms with Gasteiger partial charge in [-0.1, -0.05) is 45.4 Å². The molecule has 0 aromatic heterocycles. The summed E-state index contributed by atoms with van der Waals surface area (Å²) in [6.45, 7) is 13.8. The van der Waals surface area contributed by atoms with Gasteiger partial charge in [0.1, 0.15) is 0 Å². The molecule has 122 valence electrons. The van der Waals surface area contributed by atoms with E-state index < -0.39 is 0 Å². The molecule has 1 saturated heterocycles. The quantitative estimate of drug-likeness (QED) is 0.449. The molecule has 4 aliphatic rings. The molecule has 1 heterocycles. The maximum absolute atomic E-state index is 4.81. The maximum atomic E-state index is 4.81.